The van der Waals surface area contributed by atoms with Gasteiger partial charge in [-0.25, -0.2) is 4.99 Å². The van der Waals surface area contributed by atoms with Gasteiger partial charge in [0.2, 0.25) is 0 Å². The van der Waals surface area contributed by atoms with Crippen LogP contribution in [-0.4, -0.2) is 45.9 Å². The Labute approximate surface area is 173 Å². The van der Waals surface area contributed by atoms with E-state index in [1.807, 2.05) is 12.1 Å². The predicted octanol–water partition coefficient (Wildman–Crippen LogP) is 3.18. The fraction of sp³-hybridized carbons (Fsp3) is 0.435. The third-order valence-corrected chi connectivity index (χ3v) is 5.05. The largest absolute Gasteiger partial charge is 0.495 e. The van der Waals surface area contributed by atoms with E-state index in [2.05, 4.69) is 58.9 Å². The minimum Gasteiger partial charge on any atom is -0.495 e. The molecular weight excluding hydrogens is 364 g/mol. The summed E-state index contributed by atoms with van der Waals surface area (Å²) in [5, 5.41) is 6.96. The third kappa shape index (κ3) is 5.87. The topological polar surface area (TPSA) is 58.1 Å². The SMILES string of the molecule is CCNC(=NCc1ccc(COC)cc1)NC1CCN(c2ccccc2OC)C1. The molecule has 6 heteroatoms. The first kappa shape index (κ1) is 21.0. The van der Waals surface area contributed by atoms with Crippen LogP contribution < -0.4 is 20.3 Å². The van der Waals surface area contributed by atoms with Gasteiger partial charge in [-0.3, -0.25) is 0 Å². The zero-order valence-corrected chi connectivity index (χ0v) is 17.6. The lowest BCUT2D eigenvalue weighted by Crippen LogP contribution is -2.44. The Bertz CT molecular complexity index is 792. The molecule has 1 saturated heterocycles. The van der Waals surface area contributed by atoms with E-state index in [0.29, 0.717) is 19.2 Å². The van der Waals surface area contributed by atoms with E-state index in [0.717, 1.165) is 43.5 Å². The van der Waals surface area contributed by atoms with Gasteiger partial charge in [0, 0.05) is 32.8 Å². The van der Waals surface area contributed by atoms with Gasteiger partial charge >= 0.3 is 0 Å². The van der Waals surface area contributed by atoms with Crippen molar-refractivity contribution < 1.29 is 9.47 Å². The number of methoxy groups -OCH3 is 2. The van der Waals surface area contributed by atoms with Crippen LogP contribution in [0.2, 0.25) is 0 Å². The molecule has 156 valence electrons. The van der Waals surface area contributed by atoms with E-state index in [1.165, 1.54) is 11.1 Å². The first-order chi connectivity index (χ1) is 14.2. The molecule has 0 radical (unpaired) electrons. The number of anilines is 1. The van der Waals surface area contributed by atoms with Gasteiger partial charge in [0.1, 0.15) is 5.75 Å². The van der Waals surface area contributed by atoms with Crippen molar-refractivity contribution in [1.29, 1.82) is 0 Å². The van der Waals surface area contributed by atoms with Gasteiger partial charge in [-0.1, -0.05) is 36.4 Å². The predicted molar refractivity (Wildman–Crippen MR) is 119 cm³/mol. The molecule has 0 bridgehead atoms. The number of para-hydroxylation sites is 2. The van der Waals surface area contributed by atoms with Gasteiger partial charge in [0.05, 0.1) is 25.9 Å². The van der Waals surface area contributed by atoms with Crippen LogP contribution >= 0.6 is 0 Å². The quantitative estimate of drug-likeness (QED) is 0.530. The number of ether oxygens (including phenoxy) is 2. The van der Waals surface area contributed by atoms with Gasteiger partial charge in [-0.15, -0.1) is 0 Å². The van der Waals surface area contributed by atoms with Crippen LogP contribution in [0.3, 0.4) is 0 Å². The Morgan fingerprint density at radius 1 is 1.10 bits per heavy atom. The molecule has 0 aliphatic carbocycles. The van der Waals surface area contributed by atoms with Gasteiger partial charge in [0.25, 0.3) is 0 Å². The number of guanidine groups is 1. The van der Waals surface area contributed by atoms with Crippen LogP contribution in [0.5, 0.6) is 5.75 Å². The summed E-state index contributed by atoms with van der Waals surface area (Å²) in [6.45, 7) is 6.13. The molecule has 6 nitrogen and oxygen atoms in total. The molecule has 1 heterocycles. The monoisotopic (exact) mass is 396 g/mol. The molecule has 1 unspecified atom stereocenters. The lowest BCUT2D eigenvalue weighted by molar-refractivity contribution is 0.185. The molecule has 2 aromatic carbocycles. The molecular formula is C23H32N4O2. The molecule has 2 aromatic rings. The molecule has 0 aromatic heterocycles. The van der Waals surface area contributed by atoms with Crippen LogP contribution in [0.4, 0.5) is 5.69 Å². The smallest absolute Gasteiger partial charge is 0.191 e. The number of rotatable bonds is 8. The van der Waals surface area contributed by atoms with Crippen molar-refractivity contribution in [2.45, 2.75) is 32.5 Å². The summed E-state index contributed by atoms with van der Waals surface area (Å²) in [7, 11) is 3.44. The summed E-state index contributed by atoms with van der Waals surface area (Å²) in [6, 6.07) is 17.0. The summed E-state index contributed by atoms with van der Waals surface area (Å²) < 4.78 is 10.7. The van der Waals surface area contributed by atoms with E-state index in [4.69, 9.17) is 14.5 Å². The Balaban J connectivity index is 1.59. The maximum atomic E-state index is 5.52. The van der Waals surface area contributed by atoms with Gasteiger partial charge in [-0.05, 0) is 36.6 Å². The van der Waals surface area contributed by atoms with Crippen molar-refractivity contribution in [1.82, 2.24) is 10.6 Å². The Kier molecular flexibility index (Phi) is 7.76. The maximum Gasteiger partial charge on any atom is 0.191 e. The average Bonchev–Trinajstić information content (AvgIpc) is 3.21. The average molecular weight is 397 g/mol. The Morgan fingerprint density at radius 3 is 2.59 bits per heavy atom. The van der Waals surface area contributed by atoms with Crippen molar-refractivity contribution in [2.75, 3.05) is 38.8 Å². The first-order valence-corrected chi connectivity index (χ1v) is 10.2. The highest BCUT2D eigenvalue weighted by Crippen LogP contribution is 2.30. The lowest BCUT2D eigenvalue weighted by Gasteiger charge is -2.22. The van der Waals surface area contributed by atoms with E-state index < -0.39 is 0 Å². The number of hydrogen-bond acceptors (Lipinski definition) is 4. The number of nitrogens with one attached hydrogen (secondary N) is 2. The molecule has 1 fully saturated rings. The second-order valence-electron chi connectivity index (χ2n) is 7.19. The van der Waals surface area contributed by atoms with Crippen LogP contribution in [0.15, 0.2) is 53.5 Å². The fourth-order valence-electron chi connectivity index (χ4n) is 3.58. The van der Waals surface area contributed by atoms with E-state index in [-0.39, 0.29) is 0 Å². The maximum absolute atomic E-state index is 5.52. The second kappa shape index (κ2) is 10.7. The zero-order valence-electron chi connectivity index (χ0n) is 17.6. The molecule has 0 saturated carbocycles. The Morgan fingerprint density at radius 2 is 1.86 bits per heavy atom. The van der Waals surface area contributed by atoms with Crippen molar-refractivity contribution in [3.63, 3.8) is 0 Å². The van der Waals surface area contributed by atoms with Crippen molar-refractivity contribution >= 4 is 11.6 Å². The Hall–Kier alpha value is -2.73. The second-order valence-corrected chi connectivity index (χ2v) is 7.19. The highest BCUT2D eigenvalue weighted by atomic mass is 16.5. The van der Waals surface area contributed by atoms with Crippen molar-refractivity contribution in [3.8, 4) is 5.75 Å². The highest BCUT2D eigenvalue weighted by Gasteiger charge is 2.25. The molecule has 1 aliphatic rings. The van der Waals surface area contributed by atoms with Crippen LogP contribution in [0.1, 0.15) is 24.5 Å². The summed E-state index contributed by atoms with van der Waals surface area (Å²) in [5.74, 6) is 1.78. The fourth-order valence-corrected chi connectivity index (χ4v) is 3.58. The number of aliphatic imine (C=N–C) groups is 1. The van der Waals surface area contributed by atoms with Crippen LogP contribution in [-0.2, 0) is 17.9 Å². The van der Waals surface area contributed by atoms with E-state index >= 15 is 0 Å². The minimum atomic E-state index is 0.349. The van der Waals surface area contributed by atoms with E-state index in [9.17, 15) is 0 Å². The van der Waals surface area contributed by atoms with Gasteiger partial charge < -0.3 is 25.0 Å². The third-order valence-electron chi connectivity index (χ3n) is 5.05. The van der Waals surface area contributed by atoms with Gasteiger partial charge in [0.15, 0.2) is 5.96 Å². The zero-order chi connectivity index (χ0) is 20.5. The van der Waals surface area contributed by atoms with Gasteiger partial charge in [-0.2, -0.15) is 0 Å². The summed E-state index contributed by atoms with van der Waals surface area (Å²) >= 11 is 0. The molecule has 29 heavy (non-hydrogen) atoms. The lowest BCUT2D eigenvalue weighted by atomic mass is 10.1. The molecule has 0 amide bonds. The normalized spacial score (nSPS) is 16.7. The minimum absolute atomic E-state index is 0.349. The molecule has 0 spiro atoms. The van der Waals surface area contributed by atoms with Crippen molar-refractivity contribution in [3.05, 3.63) is 59.7 Å². The molecule has 1 aliphatic heterocycles. The van der Waals surface area contributed by atoms with Crippen LogP contribution in [0.25, 0.3) is 0 Å². The number of hydrogen-bond donors (Lipinski definition) is 2. The summed E-state index contributed by atoms with van der Waals surface area (Å²) in [4.78, 5) is 7.14. The first-order valence-electron chi connectivity index (χ1n) is 10.2. The highest BCUT2D eigenvalue weighted by molar-refractivity contribution is 5.80. The van der Waals surface area contributed by atoms with Crippen LogP contribution in [0, 0.1) is 0 Å². The molecule has 2 N–H and O–H groups in total. The summed E-state index contributed by atoms with van der Waals surface area (Å²) in [6.07, 6.45) is 1.06. The van der Waals surface area contributed by atoms with E-state index in [1.54, 1.807) is 14.2 Å². The molecule has 3 rings (SSSR count). The molecule has 1 atom stereocenters. The number of benzene rings is 2. The number of nitrogens with zero attached hydrogens (tertiary/aromatic N) is 2. The standard InChI is InChI=1S/C23H32N4O2/c1-4-24-23(25-15-18-9-11-19(12-10-18)17-28-2)26-20-13-14-27(16-20)21-7-5-6-8-22(21)29-3/h5-12,20H,4,13-17H2,1-3H3,(H2,24,25,26). The van der Waals surface area contributed by atoms with Crippen molar-refractivity contribution in [2.24, 2.45) is 4.99 Å². The summed E-state index contributed by atoms with van der Waals surface area (Å²) in [5.41, 5.74) is 3.51.